The zero-order valence-electron chi connectivity index (χ0n) is 12.8. The van der Waals surface area contributed by atoms with Gasteiger partial charge in [-0.2, -0.15) is 9.78 Å². The van der Waals surface area contributed by atoms with Gasteiger partial charge in [-0.1, -0.05) is 18.2 Å². The minimum absolute atomic E-state index is 0.166. The highest BCUT2D eigenvalue weighted by Gasteiger charge is 2.19. The number of para-hydroxylation sites is 1. The number of aromatic nitrogens is 3. The first-order chi connectivity index (χ1) is 11.6. The number of rotatable bonds is 2. The maximum atomic E-state index is 12.7. The standard InChI is InChI=1S/C18H13N3O3/c1-20-10-14-16(13-4-2-3-5-15(13)20)19-21(17(14)22)12-8-6-11(7-9-12)18(23)24/h2-10H,1H3,(H,23,24). The summed E-state index contributed by atoms with van der Waals surface area (Å²) in [5, 5.41) is 14.3. The third-order valence-electron chi connectivity index (χ3n) is 4.10. The van der Waals surface area contributed by atoms with E-state index >= 15 is 0 Å². The fourth-order valence-corrected chi connectivity index (χ4v) is 2.89. The van der Waals surface area contributed by atoms with Gasteiger partial charge in [0.05, 0.1) is 16.8 Å². The van der Waals surface area contributed by atoms with Gasteiger partial charge in [-0.15, -0.1) is 0 Å². The van der Waals surface area contributed by atoms with Crippen LogP contribution in [0.4, 0.5) is 0 Å². The van der Waals surface area contributed by atoms with E-state index in [2.05, 4.69) is 5.10 Å². The molecule has 2 aromatic rings. The van der Waals surface area contributed by atoms with Crippen molar-refractivity contribution in [3.05, 3.63) is 70.6 Å². The normalized spacial score (nSPS) is 11.2. The molecule has 0 fully saturated rings. The summed E-state index contributed by atoms with van der Waals surface area (Å²) in [5.74, 6) is -1.01. The number of aryl methyl sites for hydroxylation is 1. The van der Waals surface area contributed by atoms with Crippen molar-refractivity contribution in [3.63, 3.8) is 0 Å². The summed E-state index contributed by atoms with van der Waals surface area (Å²) in [7, 11) is 1.89. The molecule has 0 radical (unpaired) electrons. The largest absolute Gasteiger partial charge is 0.478 e. The zero-order chi connectivity index (χ0) is 16.8. The Morgan fingerprint density at radius 1 is 1.08 bits per heavy atom. The third-order valence-corrected chi connectivity index (χ3v) is 4.10. The van der Waals surface area contributed by atoms with Crippen LogP contribution < -0.4 is 5.56 Å². The quantitative estimate of drug-likeness (QED) is 0.616. The van der Waals surface area contributed by atoms with E-state index in [1.54, 1.807) is 18.3 Å². The zero-order valence-corrected chi connectivity index (χ0v) is 12.8. The summed E-state index contributed by atoms with van der Waals surface area (Å²) in [6, 6.07) is 13.8. The molecule has 0 aliphatic carbocycles. The predicted octanol–water partition coefficient (Wildman–Crippen LogP) is 2.53. The van der Waals surface area contributed by atoms with Crippen LogP contribution in [0.1, 0.15) is 10.4 Å². The van der Waals surface area contributed by atoms with E-state index in [9.17, 15) is 9.59 Å². The number of pyridine rings is 1. The highest BCUT2D eigenvalue weighted by Crippen LogP contribution is 2.27. The Balaban J connectivity index is 1.99. The Hall–Kier alpha value is -3.41. The van der Waals surface area contributed by atoms with Crippen LogP contribution in [0.5, 0.6) is 0 Å². The molecule has 0 saturated carbocycles. The van der Waals surface area contributed by atoms with Crippen molar-refractivity contribution in [3.8, 4) is 16.9 Å². The van der Waals surface area contributed by atoms with Gasteiger partial charge in [-0.25, -0.2) is 4.79 Å². The van der Waals surface area contributed by atoms with Crippen molar-refractivity contribution in [1.29, 1.82) is 0 Å². The molecule has 0 amide bonds. The second-order valence-corrected chi connectivity index (χ2v) is 5.59. The Morgan fingerprint density at radius 3 is 2.50 bits per heavy atom. The van der Waals surface area contributed by atoms with Crippen LogP contribution in [-0.4, -0.2) is 25.4 Å². The molecule has 0 saturated heterocycles. The third kappa shape index (κ3) is 2.00. The second kappa shape index (κ2) is 5.06. The number of hydrogen-bond donors (Lipinski definition) is 1. The fourth-order valence-electron chi connectivity index (χ4n) is 2.89. The predicted molar refractivity (Wildman–Crippen MR) is 89.9 cm³/mol. The van der Waals surface area contributed by atoms with E-state index in [4.69, 9.17) is 5.11 Å². The van der Waals surface area contributed by atoms with Gasteiger partial charge >= 0.3 is 5.97 Å². The number of carboxylic acids is 1. The molecule has 2 aromatic carbocycles. The summed E-state index contributed by atoms with van der Waals surface area (Å²) in [6.07, 6.45) is 1.77. The fraction of sp³-hybridized carbons (Fsp3) is 0.0556. The first-order valence-electron chi connectivity index (χ1n) is 7.37. The molecule has 24 heavy (non-hydrogen) atoms. The van der Waals surface area contributed by atoms with Gasteiger partial charge in [0, 0.05) is 24.1 Å². The number of hydrogen-bond acceptors (Lipinski definition) is 3. The Kier molecular flexibility index (Phi) is 2.99. The molecule has 0 atom stereocenters. The van der Waals surface area contributed by atoms with Crippen molar-refractivity contribution in [2.24, 2.45) is 7.05 Å². The van der Waals surface area contributed by atoms with E-state index in [1.807, 2.05) is 35.9 Å². The highest BCUT2D eigenvalue weighted by molar-refractivity contribution is 5.93. The minimum Gasteiger partial charge on any atom is -0.478 e. The monoisotopic (exact) mass is 319 g/mol. The molecule has 4 rings (SSSR count). The first-order valence-corrected chi connectivity index (χ1v) is 7.37. The first kappa shape index (κ1) is 14.2. The minimum atomic E-state index is -1.01. The summed E-state index contributed by atoms with van der Waals surface area (Å²) in [6.45, 7) is 0. The average Bonchev–Trinajstić information content (AvgIpc) is 2.92. The lowest BCUT2D eigenvalue weighted by molar-refractivity contribution is 0.0697. The van der Waals surface area contributed by atoms with Gasteiger partial charge < -0.3 is 9.67 Å². The molecule has 0 bridgehead atoms. The molecule has 2 aliphatic heterocycles. The molecule has 0 aromatic heterocycles. The van der Waals surface area contributed by atoms with Crippen molar-refractivity contribution in [2.75, 3.05) is 0 Å². The maximum absolute atomic E-state index is 12.7. The number of nitrogens with zero attached hydrogens (tertiary/aromatic N) is 3. The Labute approximate surface area is 136 Å². The Morgan fingerprint density at radius 2 is 1.79 bits per heavy atom. The molecule has 6 heteroatoms. The molecular formula is C18H13N3O3. The Bertz CT molecular complexity index is 1110. The average molecular weight is 319 g/mol. The molecule has 1 N–H and O–H groups in total. The van der Waals surface area contributed by atoms with Crippen LogP contribution in [0, 0.1) is 0 Å². The number of aromatic carboxylic acids is 1. The van der Waals surface area contributed by atoms with Gasteiger partial charge in [0.2, 0.25) is 0 Å². The van der Waals surface area contributed by atoms with Crippen molar-refractivity contribution >= 4 is 16.9 Å². The smallest absolute Gasteiger partial charge is 0.335 e. The number of fused-ring (bicyclic) bond motifs is 3. The van der Waals surface area contributed by atoms with Crippen LogP contribution in [0.25, 0.3) is 27.8 Å². The lowest BCUT2D eigenvalue weighted by atomic mass is 10.1. The van der Waals surface area contributed by atoms with E-state index in [-0.39, 0.29) is 11.1 Å². The molecule has 0 spiro atoms. The van der Waals surface area contributed by atoms with Gasteiger partial charge in [-0.05, 0) is 30.3 Å². The molecule has 2 heterocycles. The summed E-state index contributed by atoms with van der Waals surface area (Å²) in [4.78, 5) is 23.7. The van der Waals surface area contributed by atoms with Crippen molar-refractivity contribution < 1.29 is 9.90 Å². The second-order valence-electron chi connectivity index (χ2n) is 5.59. The molecule has 2 aliphatic rings. The van der Waals surface area contributed by atoms with Gasteiger partial charge in [0.1, 0.15) is 5.69 Å². The van der Waals surface area contributed by atoms with E-state index < -0.39 is 5.97 Å². The highest BCUT2D eigenvalue weighted by atomic mass is 16.4. The number of benzene rings is 2. The maximum Gasteiger partial charge on any atom is 0.335 e. The number of carboxylic acid groups (broad SMARTS) is 1. The lowest BCUT2D eigenvalue weighted by Gasteiger charge is -2.08. The topological polar surface area (TPSA) is 77.1 Å². The molecular weight excluding hydrogens is 306 g/mol. The summed E-state index contributed by atoms with van der Waals surface area (Å²) >= 11 is 0. The summed E-state index contributed by atoms with van der Waals surface area (Å²) < 4.78 is 3.21. The van der Waals surface area contributed by atoms with Crippen LogP contribution in [0.2, 0.25) is 0 Å². The van der Waals surface area contributed by atoms with Crippen LogP contribution >= 0.6 is 0 Å². The van der Waals surface area contributed by atoms with Crippen LogP contribution in [-0.2, 0) is 7.05 Å². The SMILES string of the molecule is Cn1cc2c(=O)n(-c3ccc(C(=O)O)cc3)nc-2c2ccccc21. The molecule has 0 unspecified atom stereocenters. The molecule has 6 nitrogen and oxygen atoms in total. The van der Waals surface area contributed by atoms with Crippen molar-refractivity contribution in [2.45, 2.75) is 0 Å². The van der Waals surface area contributed by atoms with Crippen LogP contribution in [0.15, 0.2) is 59.5 Å². The van der Waals surface area contributed by atoms with Gasteiger partial charge in [0.25, 0.3) is 5.56 Å². The van der Waals surface area contributed by atoms with E-state index in [0.29, 0.717) is 16.9 Å². The van der Waals surface area contributed by atoms with E-state index in [0.717, 1.165) is 10.9 Å². The van der Waals surface area contributed by atoms with Crippen LogP contribution in [0.3, 0.4) is 0 Å². The number of carbonyl (C=O) groups is 1. The van der Waals surface area contributed by atoms with Gasteiger partial charge in [-0.3, -0.25) is 4.79 Å². The van der Waals surface area contributed by atoms with Crippen molar-refractivity contribution in [1.82, 2.24) is 14.3 Å². The molecule has 118 valence electrons. The summed E-state index contributed by atoms with van der Waals surface area (Å²) in [5.41, 5.74) is 2.62. The van der Waals surface area contributed by atoms with Gasteiger partial charge in [0.15, 0.2) is 0 Å². The lowest BCUT2D eigenvalue weighted by Crippen LogP contribution is -2.15. The van der Waals surface area contributed by atoms with E-state index in [1.165, 1.54) is 16.8 Å².